The number of Topliss-reactive ketones (excluding diaryl/α,β-unsaturated/α-hetero) is 1. The fourth-order valence-corrected chi connectivity index (χ4v) is 5.52. The van der Waals surface area contributed by atoms with E-state index in [-0.39, 0.29) is 52.6 Å². The van der Waals surface area contributed by atoms with Crippen molar-refractivity contribution in [2.75, 3.05) is 6.61 Å². The van der Waals surface area contributed by atoms with Crippen LogP contribution in [0.1, 0.15) is 68.8 Å². The van der Waals surface area contributed by atoms with Gasteiger partial charge in [0.2, 0.25) is 5.78 Å². The molecule has 1 saturated heterocycles. The molecule has 1 heterocycles. The van der Waals surface area contributed by atoms with Gasteiger partial charge in [0.05, 0.1) is 29.4 Å². The first-order chi connectivity index (χ1) is 17.5. The van der Waals surface area contributed by atoms with Gasteiger partial charge in [-0.15, -0.1) is 0 Å². The lowest BCUT2D eigenvalue weighted by Gasteiger charge is -2.42. The third-order valence-corrected chi connectivity index (χ3v) is 7.47. The summed E-state index contributed by atoms with van der Waals surface area (Å²) in [5.41, 5.74) is 3.40. The second-order valence-electron chi connectivity index (χ2n) is 9.86. The number of carbonyl (C=O) groups is 3. The summed E-state index contributed by atoms with van der Waals surface area (Å²) < 4.78 is 11.7. The molecule has 196 valence electrons. The van der Waals surface area contributed by atoms with Crippen LogP contribution in [-0.2, 0) is 20.7 Å². The second-order valence-corrected chi connectivity index (χ2v) is 9.86. The number of hydrogen-bond donors (Lipinski definition) is 6. The monoisotopic (exact) mass is 513 g/mol. The van der Waals surface area contributed by atoms with E-state index in [2.05, 4.69) is 0 Å². The summed E-state index contributed by atoms with van der Waals surface area (Å²) in [6, 6.07) is 4.69. The van der Waals surface area contributed by atoms with E-state index in [1.807, 2.05) is 0 Å². The van der Waals surface area contributed by atoms with Crippen LogP contribution in [0.2, 0.25) is 0 Å². The van der Waals surface area contributed by atoms with Crippen molar-refractivity contribution in [2.24, 2.45) is 5.73 Å². The van der Waals surface area contributed by atoms with Crippen LogP contribution in [0, 0.1) is 0 Å². The highest BCUT2D eigenvalue weighted by molar-refractivity contribution is 6.30. The minimum atomic E-state index is -2.09. The molecule has 5 rings (SSSR count). The zero-order valence-corrected chi connectivity index (χ0v) is 19.9. The molecule has 1 aliphatic heterocycles. The van der Waals surface area contributed by atoms with Crippen molar-refractivity contribution in [1.82, 2.24) is 0 Å². The Bertz CT molecular complexity index is 1310. The van der Waals surface area contributed by atoms with Gasteiger partial charge < -0.3 is 40.7 Å². The topological polar surface area (TPSA) is 197 Å². The van der Waals surface area contributed by atoms with Crippen molar-refractivity contribution in [2.45, 2.75) is 62.4 Å². The first-order valence-electron chi connectivity index (χ1n) is 11.9. The molecular formula is C26H27NO10. The van der Waals surface area contributed by atoms with Crippen LogP contribution >= 0.6 is 0 Å². The minimum Gasteiger partial charge on any atom is -0.507 e. The molecule has 0 radical (unpaired) electrons. The zero-order valence-electron chi connectivity index (χ0n) is 19.9. The van der Waals surface area contributed by atoms with Crippen molar-refractivity contribution < 1.29 is 49.4 Å². The maximum absolute atomic E-state index is 13.4. The molecule has 1 unspecified atom stereocenters. The molecule has 7 N–H and O–H groups in total. The molecule has 0 bridgehead atoms. The maximum Gasteiger partial charge on any atom is 0.201 e. The Labute approximate surface area is 211 Å². The number of ether oxygens (including phenoxy) is 2. The van der Waals surface area contributed by atoms with Crippen LogP contribution in [-0.4, -0.2) is 79.6 Å². The lowest BCUT2D eigenvalue weighted by Crippen LogP contribution is -2.53. The summed E-state index contributed by atoms with van der Waals surface area (Å²) in [5.74, 6) is -3.25. The maximum atomic E-state index is 13.4. The predicted octanol–water partition coefficient (Wildman–Crippen LogP) is -0.00730. The van der Waals surface area contributed by atoms with Crippen LogP contribution in [0.4, 0.5) is 0 Å². The van der Waals surface area contributed by atoms with E-state index in [4.69, 9.17) is 15.2 Å². The largest absolute Gasteiger partial charge is 0.507 e. The molecule has 11 nitrogen and oxygen atoms in total. The van der Waals surface area contributed by atoms with E-state index in [9.17, 15) is 39.9 Å². The third-order valence-electron chi connectivity index (χ3n) is 7.47. The van der Waals surface area contributed by atoms with Crippen LogP contribution in [0.5, 0.6) is 11.5 Å². The summed E-state index contributed by atoms with van der Waals surface area (Å²) in [6.07, 6.45) is -4.50. The number of phenolic OH excluding ortho intramolecular Hbond substituents is 2. The van der Waals surface area contributed by atoms with Gasteiger partial charge in [-0.3, -0.25) is 14.4 Å². The number of fused-ring (bicyclic) bond motifs is 3. The van der Waals surface area contributed by atoms with Gasteiger partial charge in [0.25, 0.3) is 0 Å². The number of phenols is 2. The van der Waals surface area contributed by atoms with Crippen molar-refractivity contribution in [3.05, 3.63) is 57.6 Å². The molecule has 0 spiro atoms. The number of aliphatic hydroxyl groups excluding tert-OH is 2. The molecule has 0 amide bonds. The fourth-order valence-electron chi connectivity index (χ4n) is 5.52. The Morgan fingerprint density at radius 1 is 1.19 bits per heavy atom. The molecule has 2 aliphatic carbocycles. The highest BCUT2D eigenvalue weighted by Gasteiger charge is 2.48. The number of carbonyl (C=O) groups excluding carboxylic acids is 3. The number of aromatic hydroxyl groups is 2. The first kappa shape index (κ1) is 25.5. The molecule has 2 aromatic carbocycles. The van der Waals surface area contributed by atoms with Crippen molar-refractivity contribution in [3.63, 3.8) is 0 Å². The zero-order chi connectivity index (χ0) is 26.8. The third kappa shape index (κ3) is 3.95. The number of ketones is 3. The van der Waals surface area contributed by atoms with Gasteiger partial charge in [0.15, 0.2) is 17.9 Å². The number of aliphatic hydroxyl groups is 3. The molecule has 0 aromatic heterocycles. The summed E-state index contributed by atoms with van der Waals surface area (Å²) in [6.45, 7) is 0.649. The number of rotatable bonds is 4. The van der Waals surface area contributed by atoms with E-state index in [1.165, 1.54) is 24.3 Å². The Balaban J connectivity index is 1.64. The Morgan fingerprint density at radius 3 is 2.59 bits per heavy atom. The summed E-state index contributed by atoms with van der Waals surface area (Å²) >= 11 is 0. The van der Waals surface area contributed by atoms with E-state index in [0.29, 0.717) is 0 Å². The first-order valence-corrected chi connectivity index (χ1v) is 11.9. The quantitative estimate of drug-likeness (QED) is 0.274. The van der Waals surface area contributed by atoms with E-state index >= 15 is 0 Å². The Kier molecular flexibility index (Phi) is 6.18. The number of benzene rings is 2. The molecule has 1 fully saturated rings. The standard InChI is InChI=1S/C26H27NO10/c1-10-22(31)14(27)6-18(36-10)37-16-8-26(35,17(30)9-28)7-11-5-13-21(24(33)19(11)16)25(34)20-12(23(13)32)3-2-4-15(20)29/h2-5,10,14,16,18,22,28-29,31,33,35H,6-9,27H2,1H3/t10-,14-,16-,18?,22+,26-/m0/s1. The average Bonchev–Trinajstić information content (AvgIpc) is 2.84. The molecule has 3 aliphatic rings. The molecule has 37 heavy (non-hydrogen) atoms. The van der Waals surface area contributed by atoms with Crippen LogP contribution < -0.4 is 5.73 Å². The van der Waals surface area contributed by atoms with Crippen LogP contribution in [0.3, 0.4) is 0 Å². The molecule has 6 atom stereocenters. The molecule has 2 aromatic rings. The van der Waals surface area contributed by atoms with Crippen LogP contribution in [0.15, 0.2) is 24.3 Å². The van der Waals surface area contributed by atoms with Gasteiger partial charge >= 0.3 is 0 Å². The van der Waals surface area contributed by atoms with E-state index < -0.39 is 71.7 Å². The lowest BCUT2D eigenvalue weighted by molar-refractivity contribution is -0.247. The highest BCUT2D eigenvalue weighted by Crippen LogP contribution is 2.48. The molecule has 11 heteroatoms. The smallest absolute Gasteiger partial charge is 0.201 e. The number of hydrogen-bond acceptors (Lipinski definition) is 11. The Hall–Kier alpha value is -3.19. The Morgan fingerprint density at radius 2 is 1.92 bits per heavy atom. The fraction of sp³-hybridized carbons (Fsp3) is 0.423. The molecular weight excluding hydrogens is 486 g/mol. The van der Waals surface area contributed by atoms with Gasteiger partial charge in [-0.05, 0) is 24.6 Å². The average molecular weight is 513 g/mol. The summed E-state index contributed by atoms with van der Waals surface area (Å²) in [7, 11) is 0. The van der Waals surface area contributed by atoms with Gasteiger partial charge in [0, 0.05) is 42.0 Å². The highest BCUT2D eigenvalue weighted by atomic mass is 16.7. The molecule has 0 saturated carbocycles. The second kappa shape index (κ2) is 8.98. The normalized spacial score (nSPS) is 30.9. The van der Waals surface area contributed by atoms with Gasteiger partial charge in [0.1, 0.15) is 23.7 Å². The summed E-state index contributed by atoms with van der Waals surface area (Å²) in [5, 5.41) is 52.4. The van der Waals surface area contributed by atoms with Gasteiger partial charge in [-0.2, -0.15) is 0 Å². The summed E-state index contributed by atoms with van der Waals surface area (Å²) in [4.78, 5) is 39.2. The minimum absolute atomic E-state index is 0.0423. The number of nitrogens with two attached hydrogens (primary N) is 1. The van der Waals surface area contributed by atoms with E-state index in [0.717, 1.165) is 0 Å². The van der Waals surface area contributed by atoms with Crippen molar-refractivity contribution in [3.8, 4) is 11.5 Å². The van der Waals surface area contributed by atoms with Crippen molar-refractivity contribution >= 4 is 17.3 Å². The SMILES string of the molecule is C[C@@H]1OC(O[C@H]2C[C@](O)(C(=O)CO)Cc3cc4c(c(O)c32)C(=O)c2c(O)cccc2C4=O)C[C@H](N)[C@@H]1O. The van der Waals surface area contributed by atoms with Gasteiger partial charge in [-0.1, -0.05) is 12.1 Å². The van der Waals surface area contributed by atoms with Crippen molar-refractivity contribution in [1.29, 1.82) is 0 Å². The van der Waals surface area contributed by atoms with E-state index in [1.54, 1.807) is 6.92 Å². The predicted molar refractivity (Wildman–Crippen MR) is 125 cm³/mol. The van der Waals surface area contributed by atoms with Gasteiger partial charge in [-0.25, -0.2) is 0 Å². The van der Waals surface area contributed by atoms with Crippen LogP contribution in [0.25, 0.3) is 0 Å². The lowest BCUT2D eigenvalue weighted by atomic mass is 9.72.